The second-order valence-corrected chi connectivity index (χ2v) is 5.90. The summed E-state index contributed by atoms with van der Waals surface area (Å²) in [4.78, 5) is 11.5. The first-order valence-electron chi connectivity index (χ1n) is 6.92. The summed E-state index contributed by atoms with van der Waals surface area (Å²) in [7, 11) is 0. The van der Waals surface area contributed by atoms with E-state index >= 15 is 0 Å². The summed E-state index contributed by atoms with van der Waals surface area (Å²) in [6.45, 7) is 0. The van der Waals surface area contributed by atoms with Crippen molar-refractivity contribution in [2.75, 3.05) is 5.32 Å². The lowest BCUT2D eigenvalue weighted by atomic mass is 10.2. The van der Waals surface area contributed by atoms with E-state index in [4.69, 9.17) is 0 Å². The van der Waals surface area contributed by atoms with Crippen LogP contribution in [0.25, 0.3) is 21.6 Å². The fraction of sp³-hybridized carbons (Fsp3) is 0. The number of anilines is 2. The first-order chi connectivity index (χ1) is 11.6. The van der Waals surface area contributed by atoms with Crippen LogP contribution in [-0.4, -0.2) is 15.0 Å². The number of halogens is 3. The number of aromatic amines is 1. The molecular formula is C16H9F3N4S. The van der Waals surface area contributed by atoms with E-state index < -0.39 is 17.5 Å². The Hall–Kier alpha value is -2.87. The highest BCUT2D eigenvalue weighted by Gasteiger charge is 2.14. The molecule has 2 aromatic heterocycles. The van der Waals surface area contributed by atoms with Crippen LogP contribution in [0.15, 0.2) is 41.9 Å². The molecule has 0 aliphatic carbocycles. The number of hydrogen-bond acceptors (Lipinski definition) is 4. The zero-order chi connectivity index (χ0) is 16.7. The predicted octanol–water partition coefficient (Wildman–Crippen LogP) is 4.85. The molecule has 24 heavy (non-hydrogen) atoms. The number of benzene rings is 2. The summed E-state index contributed by atoms with van der Waals surface area (Å²) in [6.07, 6.45) is 1.72. The molecule has 0 aliphatic heterocycles. The number of rotatable bonds is 3. The molecule has 0 radical (unpaired) electrons. The van der Waals surface area contributed by atoms with Crippen LogP contribution in [0.3, 0.4) is 0 Å². The molecule has 0 saturated carbocycles. The average molecular weight is 346 g/mol. The number of nitrogens with one attached hydrogen (secondary N) is 2. The molecule has 0 aliphatic rings. The van der Waals surface area contributed by atoms with Crippen molar-refractivity contribution in [3.63, 3.8) is 0 Å². The van der Waals surface area contributed by atoms with Crippen molar-refractivity contribution in [1.29, 1.82) is 0 Å². The first-order valence-corrected chi connectivity index (χ1v) is 7.80. The van der Waals surface area contributed by atoms with E-state index in [0.717, 1.165) is 22.7 Å². The molecule has 2 heterocycles. The number of thiazole rings is 1. The normalized spacial score (nSPS) is 11.1. The Kier molecular flexibility index (Phi) is 3.46. The van der Waals surface area contributed by atoms with Crippen molar-refractivity contribution in [1.82, 2.24) is 15.0 Å². The van der Waals surface area contributed by atoms with E-state index in [9.17, 15) is 13.2 Å². The van der Waals surface area contributed by atoms with Crippen LogP contribution in [0.1, 0.15) is 0 Å². The molecule has 0 spiro atoms. The van der Waals surface area contributed by atoms with E-state index in [1.807, 2.05) is 17.5 Å². The van der Waals surface area contributed by atoms with Gasteiger partial charge in [-0.25, -0.2) is 23.1 Å². The second-order valence-electron chi connectivity index (χ2n) is 5.00. The SMILES string of the molecule is Fc1ccc(Nc2nc3ccc(-c4nccs4)cc3[nH]2)c(F)c1F. The first kappa shape index (κ1) is 14.7. The Bertz CT molecular complexity index is 1030. The van der Waals surface area contributed by atoms with E-state index in [1.54, 1.807) is 12.3 Å². The minimum absolute atomic E-state index is 0.201. The Morgan fingerprint density at radius 2 is 1.92 bits per heavy atom. The highest BCUT2D eigenvalue weighted by Crippen LogP contribution is 2.27. The highest BCUT2D eigenvalue weighted by molar-refractivity contribution is 7.13. The number of H-pyrrole nitrogens is 1. The van der Waals surface area contributed by atoms with Gasteiger partial charge in [-0.05, 0) is 30.3 Å². The van der Waals surface area contributed by atoms with Crippen LogP contribution in [0, 0.1) is 17.5 Å². The summed E-state index contributed by atoms with van der Waals surface area (Å²) in [5, 5.41) is 5.37. The lowest BCUT2D eigenvalue weighted by Crippen LogP contribution is -1.99. The van der Waals surface area contributed by atoms with Gasteiger partial charge in [-0.1, -0.05) is 0 Å². The van der Waals surface area contributed by atoms with Crippen molar-refractivity contribution in [2.45, 2.75) is 0 Å². The summed E-state index contributed by atoms with van der Waals surface area (Å²) < 4.78 is 40.0. The maximum atomic E-state index is 13.7. The van der Waals surface area contributed by atoms with Gasteiger partial charge < -0.3 is 10.3 Å². The number of fused-ring (bicyclic) bond motifs is 1. The molecule has 2 N–H and O–H groups in total. The molecule has 4 rings (SSSR count). The molecule has 0 atom stereocenters. The van der Waals surface area contributed by atoms with Gasteiger partial charge in [0, 0.05) is 17.1 Å². The average Bonchev–Trinajstić information content (AvgIpc) is 3.23. The van der Waals surface area contributed by atoms with Crippen molar-refractivity contribution in [2.24, 2.45) is 0 Å². The third kappa shape index (κ3) is 2.50. The Morgan fingerprint density at radius 3 is 2.71 bits per heavy atom. The van der Waals surface area contributed by atoms with Crippen molar-refractivity contribution in [3.05, 3.63) is 59.4 Å². The number of imidazole rings is 1. The number of nitrogens with zero attached hydrogens (tertiary/aromatic N) is 2. The highest BCUT2D eigenvalue weighted by atomic mass is 32.1. The Labute approximate surface area is 138 Å². The van der Waals surface area contributed by atoms with Crippen molar-refractivity contribution >= 4 is 34.0 Å². The Morgan fingerprint density at radius 1 is 1.04 bits per heavy atom. The molecule has 4 aromatic rings. The van der Waals surface area contributed by atoms with Gasteiger partial charge in [0.25, 0.3) is 0 Å². The van der Waals surface area contributed by atoms with Gasteiger partial charge in [-0.15, -0.1) is 11.3 Å². The van der Waals surface area contributed by atoms with Crippen molar-refractivity contribution < 1.29 is 13.2 Å². The largest absolute Gasteiger partial charge is 0.324 e. The van der Waals surface area contributed by atoms with E-state index in [0.29, 0.717) is 11.0 Å². The maximum Gasteiger partial charge on any atom is 0.205 e. The van der Waals surface area contributed by atoms with Crippen molar-refractivity contribution in [3.8, 4) is 10.6 Å². The predicted molar refractivity (Wildman–Crippen MR) is 86.8 cm³/mol. The third-order valence-electron chi connectivity index (χ3n) is 3.45. The molecule has 0 amide bonds. The third-order valence-corrected chi connectivity index (χ3v) is 4.27. The smallest absolute Gasteiger partial charge is 0.205 e. The quantitative estimate of drug-likeness (QED) is 0.522. The van der Waals surface area contributed by atoms with Gasteiger partial charge in [-0.2, -0.15) is 0 Å². The number of hydrogen-bond donors (Lipinski definition) is 2. The molecule has 2 aromatic carbocycles. The minimum Gasteiger partial charge on any atom is -0.324 e. The molecule has 0 saturated heterocycles. The maximum absolute atomic E-state index is 13.7. The van der Waals surface area contributed by atoms with Crippen LogP contribution in [0.4, 0.5) is 24.8 Å². The van der Waals surface area contributed by atoms with Crippen LogP contribution < -0.4 is 5.32 Å². The van der Waals surface area contributed by atoms with E-state index in [1.165, 1.54) is 11.3 Å². The fourth-order valence-electron chi connectivity index (χ4n) is 2.32. The zero-order valence-corrected chi connectivity index (χ0v) is 12.8. The summed E-state index contributed by atoms with van der Waals surface area (Å²) >= 11 is 1.51. The molecule has 0 bridgehead atoms. The van der Waals surface area contributed by atoms with Gasteiger partial charge >= 0.3 is 0 Å². The van der Waals surface area contributed by atoms with Gasteiger partial charge in [0.1, 0.15) is 5.01 Å². The van der Waals surface area contributed by atoms with Gasteiger partial charge in [0.15, 0.2) is 17.5 Å². The second kappa shape index (κ2) is 5.64. The van der Waals surface area contributed by atoms with Crippen LogP contribution in [-0.2, 0) is 0 Å². The number of aromatic nitrogens is 3. The molecule has 8 heteroatoms. The molecular weight excluding hydrogens is 337 g/mol. The lowest BCUT2D eigenvalue weighted by molar-refractivity contribution is 0.449. The molecule has 120 valence electrons. The Balaban J connectivity index is 1.69. The zero-order valence-electron chi connectivity index (χ0n) is 12.0. The molecule has 0 unspecified atom stereocenters. The van der Waals surface area contributed by atoms with Gasteiger partial charge in [0.2, 0.25) is 5.95 Å². The summed E-state index contributed by atoms with van der Waals surface area (Å²) in [6, 6.07) is 7.51. The molecule has 4 nitrogen and oxygen atoms in total. The van der Waals surface area contributed by atoms with Crippen LogP contribution in [0.5, 0.6) is 0 Å². The molecule has 0 fully saturated rings. The minimum atomic E-state index is -1.53. The monoisotopic (exact) mass is 346 g/mol. The van der Waals surface area contributed by atoms with Crippen LogP contribution in [0.2, 0.25) is 0 Å². The van der Waals surface area contributed by atoms with E-state index in [2.05, 4.69) is 20.3 Å². The van der Waals surface area contributed by atoms with Gasteiger partial charge in [-0.3, -0.25) is 0 Å². The lowest BCUT2D eigenvalue weighted by Gasteiger charge is -2.05. The van der Waals surface area contributed by atoms with Gasteiger partial charge in [0.05, 0.1) is 16.7 Å². The topological polar surface area (TPSA) is 53.6 Å². The van der Waals surface area contributed by atoms with E-state index in [-0.39, 0.29) is 11.6 Å². The summed E-state index contributed by atoms with van der Waals surface area (Å²) in [5.41, 5.74) is 2.09. The van der Waals surface area contributed by atoms with Crippen LogP contribution >= 0.6 is 11.3 Å². The standard InChI is InChI=1S/C16H9F3N4S/c17-9-2-4-11(14(19)13(9)18)22-16-21-10-3-1-8(7-12(10)23-16)15-20-5-6-24-15/h1-7H,(H2,21,22,23). The summed E-state index contributed by atoms with van der Waals surface area (Å²) in [5.74, 6) is -3.83. The fourth-order valence-corrected chi connectivity index (χ4v) is 2.95.